The van der Waals surface area contributed by atoms with Crippen LogP contribution >= 0.6 is 11.6 Å². The molecule has 0 amide bonds. The Morgan fingerprint density at radius 2 is 2.14 bits per heavy atom. The molecule has 4 heteroatoms. The summed E-state index contributed by atoms with van der Waals surface area (Å²) in [5.41, 5.74) is 2.99. The monoisotopic (exact) mass is 209 g/mol. The summed E-state index contributed by atoms with van der Waals surface area (Å²) in [6.07, 6.45) is 3.99. The maximum atomic E-state index is 5.71. The highest BCUT2D eigenvalue weighted by molar-refractivity contribution is 6.16. The van der Waals surface area contributed by atoms with Gasteiger partial charge in [-0.05, 0) is 12.1 Å². The molecule has 0 N–H and O–H groups in total. The van der Waals surface area contributed by atoms with E-state index in [1.54, 1.807) is 0 Å². The van der Waals surface area contributed by atoms with Crippen LogP contribution in [0.5, 0.6) is 0 Å². The smallest absolute Gasteiger partial charge is 0.137 e. The highest BCUT2D eigenvalue weighted by Crippen LogP contribution is 2.14. The van der Waals surface area contributed by atoms with Crippen LogP contribution in [0, 0.1) is 0 Å². The van der Waals surface area contributed by atoms with Crippen LogP contribution in [0.2, 0.25) is 0 Å². The molecule has 0 saturated heterocycles. The Morgan fingerprint density at radius 3 is 2.79 bits per heavy atom. The number of halogens is 1. The zero-order chi connectivity index (χ0) is 10.1. The Hall–Kier alpha value is -1.22. The summed E-state index contributed by atoms with van der Waals surface area (Å²) in [6, 6.07) is 4.03. The molecule has 14 heavy (non-hydrogen) atoms. The molecule has 2 rings (SSSR count). The van der Waals surface area contributed by atoms with Crippen molar-refractivity contribution in [2.75, 3.05) is 19.0 Å². The van der Waals surface area contributed by atoms with E-state index in [-0.39, 0.29) is 0 Å². The van der Waals surface area contributed by atoms with Crippen molar-refractivity contribution in [1.82, 2.24) is 9.38 Å². The molecule has 2 aromatic heterocycles. The summed E-state index contributed by atoms with van der Waals surface area (Å²) in [6.45, 7) is 0. The van der Waals surface area contributed by atoms with Crippen LogP contribution in [0.1, 0.15) is 5.69 Å². The van der Waals surface area contributed by atoms with Gasteiger partial charge in [0, 0.05) is 26.5 Å². The van der Waals surface area contributed by atoms with Gasteiger partial charge < -0.3 is 9.30 Å². The zero-order valence-corrected chi connectivity index (χ0v) is 8.99. The number of aromatic nitrogens is 2. The zero-order valence-electron chi connectivity index (χ0n) is 8.24. The normalized spacial score (nSPS) is 10.8. The first kappa shape index (κ1) is 9.34. The van der Waals surface area contributed by atoms with Crippen LogP contribution in [0.4, 0.5) is 5.69 Å². The fourth-order valence-corrected chi connectivity index (χ4v) is 1.49. The molecule has 0 aliphatic carbocycles. The second kappa shape index (κ2) is 3.50. The van der Waals surface area contributed by atoms with Gasteiger partial charge in [0.25, 0.3) is 0 Å². The predicted octanol–water partition coefficient (Wildman–Crippen LogP) is 2.14. The summed E-state index contributed by atoms with van der Waals surface area (Å²) >= 11 is 5.71. The van der Waals surface area contributed by atoms with Crippen molar-refractivity contribution in [1.29, 1.82) is 0 Å². The molecule has 2 heterocycles. The van der Waals surface area contributed by atoms with Crippen LogP contribution < -0.4 is 4.90 Å². The number of fused-ring (bicyclic) bond motifs is 1. The van der Waals surface area contributed by atoms with E-state index in [0.717, 1.165) is 17.0 Å². The Bertz CT molecular complexity index is 448. The van der Waals surface area contributed by atoms with Gasteiger partial charge in [-0.25, -0.2) is 4.98 Å². The first-order valence-electron chi connectivity index (χ1n) is 4.41. The molecule has 2 aromatic rings. The lowest BCUT2D eigenvalue weighted by molar-refractivity contribution is 1.09. The van der Waals surface area contributed by atoms with Gasteiger partial charge in [0.15, 0.2) is 0 Å². The molecule has 0 spiro atoms. The van der Waals surface area contributed by atoms with E-state index in [2.05, 4.69) is 9.88 Å². The van der Waals surface area contributed by atoms with Crippen LogP contribution in [-0.4, -0.2) is 23.5 Å². The van der Waals surface area contributed by atoms with Crippen molar-refractivity contribution < 1.29 is 0 Å². The van der Waals surface area contributed by atoms with E-state index in [0.29, 0.717) is 5.88 Å². The summed E-state index contributed by atoms with van der Waals surface area (Å²) in [7, 11) is 4.03. The molecular formula is C10H12ClN3. The highest BCUT2D eigenvalue weighted by Gasteiger charge is 2.01. The number of hydrogen-bond acceptors (Lipinski definition) is 2. The van der Waals surface area contributed by atoms with Gasteiger partial charge in [0.05, 0.1) is 17.3 Å². The number of anilines is 1. The highest BCUT2D eigenvalue weighted by atomic mass is 35.5. The molecule has 0 atom stereocenters. The Morgan fingerprint density at radius 1 is 1.36 bits per heavy atom. The fourth-order valence-electron chi connectivity index (χ4n) is 1.36. The molecule has 0 aliphatic heterocycles. The number of hydrogen-bond donors (Lipinski definition) is 0. The van der Waals surface area contributed by atoms with Crippen molar-refractivity contribution in [3.63, 3.8) is 0 Å². The predicted molar refractivity (Wildman–Crippen MR) is 59.1 cm³/mol. The lowest BCUT2D eigenvalue weighted by atomic mass is 10.4. The van der Waals surface area contributed by atoms with Gasteiger partial charge in [0.1, 0.15) is 5.65 Å². The van der Waals surface area contributed by atoms with Crippen LogP contribution in [0.15, 0.2) is 24.5 Å². The topological polar surface area (TPSA) is 20.5 Å². The van der Waals surface area contributed by atoms with E-state index in [4.69, 9.17) is 11.6 Å². The van der Waals surface area contributed by atoms with Crippen molar-refractivity contribution in [3.8, 4) is 0 Å². The lowest BCUT2D eigenvalue weighted by Gasteiger charge is -2.11. The minimum Gasteiger partial charge on any atom is -0.376 e. The van der Waals surface area contributed by atoms with Crippen LogP contribution in [0.25, 0.3) is 5.65 Å². The van der Waals surface area contributed by atoms with Gasteiger partial charge in [-0.15, -0.1) is 11.6 Å². The third kappa shape index (κ3) is 1.55. The van der Waals surface area contributed by atoms with Gasteiger partial charge >= 0.3 is 0 Å². The van der Waals surface area contributed by atoms with E-state index in [1.165, 1.54) is 0 Å². The summed E-state index contributed by atoms with van der Waals surface area (Å²) in [5.74, 6) is 0.457. The Balaban J connectivity index is 2.54. The number of rotatable bonds is 2. The molecule has 0 fully saturated rings. The van der Waals surface area contributed by atoms with Crippen LogP contribution in [-0.2, 0) is 5.88 Å². The standard InChI is InChI=1S/C10H12ClN3/c1-13(2)9-3-4-10-12-8(5-11)6-14(10)7-9/h3-4,6-7H,5H2,1-2H3. The minimum absolute atomic E-state index is 0.457. The maximum absolute atomic E-state index is 5.71. The minimum atomic E-state index is 0.457. The van der Waals surface area contributed by atoms with E-state index >= 15 is 0 Å². The van der Waals surface area contributed by atoms with Crippen molar-refractivity contribution in [2.24, 2.45) is 0 Å². The van der Waals surface area contributed by atoms with Crippen molar-refractivity contribution in [3.05, 3.63) is 30.2 Å². The number of nitrogens with zero attached hydrogens (tertiary/aromatic N) is 3. The molecule has 0 aromatic carbocycles. The average molecular weight is 210 g/mol. The summed E-state index contributed by atoms with van der Waals surface area (Å²) in [5, 5.41) is 0. The molecule has 0 unspecified atom stereocenters. The van der Waals surface area contributed by atoms with E-state index < -0.39 is 0 Å². The Kier molecular flexibility index (Phi) is 2.33. The fraction of sp³-hybridized carbons (Fsp3) is 0.300. The van der Waals surface area contributed by atoms with E-state index in [9.17, 15) is 0 Å². The molecule has 0 radical (unpaired) electrons. The molecule has 0 bridgehead atoms. The largest absolute Gasteiger partial charge is 0.376 e. The summed E-state index contributed by atoms with van der Waals surface area (Å²) < 4.78 is 1.99. The maximum Gasteiger partial charge on any atom is 0.137 e. The van der Waals surface area contributed by atoms with Crippen molar-refractivity contribution >= 4 is 22.9 Å². The van der Waals surface area contributed by atoms with E-state index in [1.807, 2.05) is 43.0 Å². The van der Waals surface area contributed by atoms with Gasteiger partial charge in [-0.2, -0.15) is 0 Å². The lowest BCUT2D eigenvalue weighted by Crippen LogP contribution is -2.08. The van der Waals surface area contributed by atoms with Gasteiger partial charge in [0.2, 0.25) is 0 Å². The third-order valence-electron chi connectivity index (χ3n) is 2.14. The molecule has 0 saturated carbocycles. The van der Waals surface area contributed by atoms with Gasteiger partial charge in [-0.3, -0.25) is 0 Å². The number of imidazole rings is 1. The quantitative estimate of drug-likeness (QED) is 0.707. The third-order valence-corrected chi connectivity index (χ3v) is 2.41. The van der Waals surface area contributed by atoms with Gasteiger partial charge in [-0.1, -0.05) is 0 Å². The van der Waals surface area contributed by atoms with Crippen molar-refractivity contribution in [2.45, 2.75) is 5.88 Å². The first-order valence-corrected chi connectivity index (χ1v) is 4.95. The average Bonchev–Trinajstić information content (AvgIpc) is 2.58. The first-order chi connectivity index (χ1) is 6.70. The second-order valence-electron chi connectivity index (χ2n) is 3.41. The molecule has 3 nitrogen and oxygen atoms in total. The van der Waals surface area contributed by atoms with Crippen LogP contribution in [0.3, 0.4) is 0 Å². The number of pyridine rings is 1. The molecule has 0 aliphatic rings. The second-order valence-corrected chi connectivity index (χ2v) is 3.68. The summed E-state index contributed by atoms with van der Waals surface area (Å²) in [4.78, 5) is 6.40. The molecule has 74 valence electrons. The SMILES string of the molecule is CN(C)c1ccc2nc(CCl)cn2c1. The Labute approximate surface area is 87.9 Å². The molecular weight excluding hydrogens is 198 g/mol. The number of alkyl halides is 1.